The molecule has 0 fully saturated rings. The van der Waals surface area contributed by atoms with E-state index in [1.54, 1.807) is 20.3 Å². The van der Waals surface area contributed by atoms with Crippen molar-refractivity contribution in [1.29, 1.82) is 0 Å². The Hall–Kier alpha value is -3.12. The van der Waals surface area contributed by atoms with Crippen LogP contribution >= 0.6 is 0 Å². The Kier molecular flexibility index (Phi) is 5.86. The van der Waals surface area contributed by atoms with E-state index in [-0.39, 0.29) is 5.56 Å². The Morgan fingerprint density at radius 2 is 1.90 bits per heavy atom. The summed E-state index contributed by atoms with van der Waals surface area (Å²) in [5, 5.41) is 14.0. The molecule has 0 unspecified atom stereocenters. The third kappa shape index (κ3) is 3.96. The standard InChI is InChI=1S/C24H26N2O4/c1-29-11-10-26-15-19(14-25-26)17-8-6-16(7-9-17)12-18-13-22(24(27)28)23(30-2)21-5-3-4-20(18)21/h6-9,13-15H,3-5,10-12H2,1-2H3,(H,27,28). The summed E-state index contributed by atoms with van der Waals surface area (Å²) in [6.07, 6.45) is 7.47. The lowest BCUT2D eigenvalue weighted by Crippen LogP contribution is -2.07. The van der Waals surface area contributed by atoms with E-state index < -0.39 is 5.97 Å². The van der Waals surface area contributed by atoms with Crippen LogP contribution in [0.2, 0.25) is 0 Å². The molecule has 0 amide bonds. The minimum absolute atomic E-state index is 0.258. The number of benzene rings is 2. The van der Waals surface area contributed by atoms with Crippen LogP contribution in [0, 0.1) is 0 Å². The van der Waals surface area contributed by atoms with Crippen LogP contribution in [0.5, 0.6) is 5.75 Å². The summed E-state index contributed by atoms with van der Waals surface area (Å²) in [5.41, 5.74) is 6.98. The Bertz CT molecular complexity index is 1050. The molecule has 0 bridgehead atoms. The first-order valence-electron chi connectivity index (χ1n) is 10.2. The largest absolute Gasteiger partial charge is 0.496 e. The van der Waals surface area contributed by atoms with Gasteiger partial charge in [0.25, 0.3) is 0 Å². The average molecular weight is 406 g/mol. The van der Waals surface area contributed by atoms with Crippen molar-refractivity contribution in [2.45, 2.75) is 32.2 Å². The second kappa shape index (κ2) is 8.71. The molecule has 156 valence electrons. The molecule has 1 heterocycles. The van der Waals surface area contributed by atoms with Crippen molar-refractivity contribution in [3.8, 4) is 16.9 Å². The predicted molar refractivity (Wildman–Crippen MR) is 114 cm³/mol. The number of hydrogen-bond donors (Lipinski definition) is 1. The fourth-order valence-electron chi connectivity index (χ4n) is 4.24. The second-order valence-corrected chi connectivity index (χ2v) is 7.59. The Balaban J connectivity index is 1.58. The molecule has 2 aromatic carbocycles. The molecule has 0 radical (unpaired) electrons. The van der Waals surface area contributed by atoms with Gasteiger partial charge in [0.2, 0.25) is 0 Å². The second-order valence-electron chi connectivity index (χ2n) is 7.59. The lowest BCUT2D eigenvalue weighted by atomic mass is 9.93. The van der Waals surface area contributed by atoms with Gasteiger partial charge in [-0.05, 0) is 59.6 Å². The summed E-state index contributed by atoms with van der Waals surface area (Å²) in [7, 11) is 3.23. The number of methoxy groups -OCH3 is 2. The van der Waals surface area contributed by atoms with Crippen molar-refractivity contribution in [2.75, 3.05) is 20.8 Å². The molecule has 0 atom stereocenters. The molecule has 4 rings (SSSR count). The molecule has 30 heavy (non-hydrogen) atoms. The molecule has 1 aliphatic rings. The summed E-state index contributed by atoms with van der Waals surface area (Å²) < 4.78 is 12.4. The number of carboxylic acid groups (broad SMARTS) is 1. The van der Waals surface area contributed by atoms with Crippen LogP contribution in [-0.4, -0.2) is 41.7 Å². The van der Waals surface area contributed by atoms with Crippen LogP contribution in [-0.2, 0) is 30.5 Å². The minimum atomic E-state index is -0.941. The Labute approximate surface area is 176 Å². The number of nitrogens with zero attached hydrogens (tertiary/aromatic N) is 2. The van der Waals surface area contributed by atoms with Crippen LogP contribution in [0.1, 0.15) is 39.0 Å². The van der Waals surface area contributed by atoms with Crippen molar-refractivity contribution >= 4 is 5.97 Å². The normalized spacial score (nSPS) is 12.7. The molecule has 0 aliphatic heterocycles. The van der Waals surface area contributed by atoms with E-state index in [0.29, 0.717) is 18.8 Å². The molecule has 1 aromatic heterocycles. The maximum absolute atomic E-state index is 11.8. The number of carboxylic acids is 1. The number of aromatic carboxylic acids is 1. The van der Waals surface area contributed by atoms with E-state index in [1.807, 2.05) is 17.1 Å². The highest BCUT2D eigenvalue weighted by Crippen LogP contribution is 2.37. The minimum Gasteiger partial charge on any atom is -0.496 e. The first-order chi connectivity index (χ1) is 14.6. The van der Waals surface area contributed by atoms with Gasteiger partial charge in [-0.15, -0.1) is 0 Å². The highest BCUT2D eigenvalue weighted by molar-refractivity contribution is 5.92. The van der Waals surface area contributed by atoms with Crippen molar-refractivity contribution < 1.29 is 19.4 Å². The molecular formula is C24H26N2O4. The molecule has 0 saturated carbocycles. The average Bonchev–Trinajstić information content (AvgIpc) is 3.42. The number of hydrogen-bond acceptors (Lipinski definition) is 4. The van der Waals surface area contributed by atoms with Gasteiger partial charge in [0, 0.05) is 18.9 Å². The molecule has 6 heteroatoms. The zero-order valence-corrected chi connectivity index (χ0v) is 17.4. The topological polar surface area (TPSA) is 73.6 Å². The van der Waals surface area contributed by atoms with E-state index in [1.165, 1.54) is 5.56 Å². The quantitative estimate of drug-likeness (QED) is 0.612. The molecule has 6 nitrogen and oxygen atoms in total. The molecule has 0 spiro atoms. The summed E-state index contributed by atoms with van der Waals surface area (Å²) >= 11 is 0. The maximum Gasteiger partial charge on any atom is 0.339 e. The number of ether oxygens (including phenoxy) is 2. The monoisotopic (exact) mass is 406 g/mol. The highest BCUT2D eigenvalue weighted by Gasteiger charge is 2.25. The van der Waals surface area contributed by atoms with Crippen LogP contribution in [0.15, 0.2) is 42.7 Å². The van der Waals surface area contributed by atoms with Crippen LogP contribution in [0.4, 0.5) is 0 Å². The molecule has 1 aliphatic carbocycles. The van der Waals surface area contributed by atoms with Crippen molar-refractivity contribution in [3.05, 3.63) is 70.5 Å². The highest BCUT2D eigenvalue weighted by atomic mass is 16.5. The lowest BCUT2D eigenvalue weighted by Gasteiger charge is -2.15. The van der Waals surface area contributed by atoms with Crippen LogP contribution in [0.25, 0.3) is 11.1 Å². The summed E-state index contributed by atoms with van der Waals surface area (Å²) in [6.45, 7) is 1.35. The van der Waals surface area contributed by atoms with Gasteiger partial charge in [0.05, 0.1) is 26.5 Å². The Morgan fingerprint density at radius 1 is 1.13 bits per heavy atom. The third-order valence-corrected chi connectivity index (χ3v) is 5.72. The smallest absolute Gasteiger partial charge is 0.339 e. The van der Waals surface area contributed by atoms with Crippen LogP contribution in [0.3, 0.4) is 0 Å². The van der Waals surface area contributed by atoms with Gasteiger partial charge in [-0.2, -0.15) is 5.10 Å². The molecular weight excluding hydrogens is 380 g/mol. The van der Waals surface area contributed by atoms with E-state index in [2.05, 4.69) is 29.4 Å². The fourth-order valence-corrected chi connectivity index (χ4v) is 4.24. The molecule has 0 saturated heterocycles. The van der Waals surface area contributed by atoms with Gasteiger partial charge in [0.1, 0.15) is 11.3 Å². The summed E-state index contributed by atoms with van der Waals surface area (Å²) in [5.74, 6) is -0.414. The zero-order valence-electron chi connectivity index (χ0n) is 17.4. The number of fused-ring (bicyclic) bond motifs is 1. The third-order valence-electron chi connectivity index (χ3n) is 5.72. The van der Waals surface area contributed by atoms with Gasteiger partial charge >= 0.3 is 5.97 Å². The van der Waals surface area contributed by atoms with Gasteiger partial charge in [-0.25, -0.2) is 4.79 Å². The number of carbonyl (C=O) groups is 1. The van der Waals surface area contributed by atoms with Gasteiger partial charge < -0.3 is 14.6 Å². The number of rotatable bonds is 8. The maximum atomic E-state index is 11.8. The van der Waals surface area contributed by atoms with E-state index in [9.17, 15) is 9.90 Å². The van der Waals surface area contributed by atoms with E-state index in [4.69, 9.17) is 9.47 Å². The zero-order chi connectivity index (χ0) is 21.1. The first-order valence-corrected chi connectivity index (χ1v) is 10.2. The molecule has 3 aromatic rings. The van der Waals surface area contributed by atoms with Gasteiger partial charge in [0.15, 0.2) is 0 Å². The lowest BCUT2D eigenvalue weighted by molar-refractivity contribution is 0.0693. The SMILES string of the molecule is COCCn1cc(-c2ccc(Cc3cc(C(=O)O)c(OC)c4c3CCC4)cc2)cn1. The van der Waals surface area contributed by atoms with Crippen LogP contribution < -0.4 is 4.74 Å². The van der Waals surface area contributed by atoms with Gasteiger partial charge in [-0.3, -0.25) is 4.68 Å². The van der Waals surface area contributed by atoms with Crippen molar-refractivity contribution in [2.24, 2.45) is 0 Å². The van der Waals surface area contributed by atoms with E-state index in [0.717, 1.165) is 53.6 Å². The van der Waals surface area contributed by atoms with E-state index >= 15 is 0 Å². The number of aromatic nitrogens is 2. The predicted octanol–water partition coefficient (Wildman–Crippen LogP) is 3.98. The fraction of sp³-hybridized carbons (Fsp3) is 0.333. The summed E-state index contributed by atoms with van der Waals surface area (Å²) in [6, 6.07) is 10.2. The molecule has 1 N–H and O–H groups in total. The van der Waals surface area contributed by atoms with Crippen molar-refractivity contribution in [3.63, 3.8) is 0 Å². The first kappa shape index (κ1) is 20.2. The van der Waals surface area contributed by atoms with Gasteiger partial charge in [-0.1, -0.05) is 24.3 Å². The van der Waals surface area contributed by atoms with Crippen molar-refractivity contribution in [1.82, 2.24) is 9.78 Å². The summed E-state index contributed by atoms with van der Waals surface area (Å²) in [4.78, 5) is 11.8. The Morgan fingerprint density at radius 3 is 2.60 bits per heavy atom.